The van der Waals surface area contributed by atoms with Gasteiger partial charge in [-0.1, -0.05) is 0 Å². The fraction of sp³-hybridized carbons (Fsp3) is 0.333. The SMILES string of the molecule is Cc1cnc(C(O)Cc2nccs2)s1. The first-order valence-electron chi connectivity index (χ1n) is 4.24. The normalized spacial score (nSPS) is 13.0. The Bertz CT molecular complexity index is 397. The number of rotatable bonds is 3. The predicted octanol–water partition coefficient (Wildman–Crippen LogP) is 2.18. The average molecular weight is 226 g/mol. The highest BCUT2D eigenvalue weighted by atomic mass is 32.1. The lowest BCUT2D eigenvalue weighted by atomic mass is 10.3. The summed E-state index contributed by atoms with van der Waals surface area (Å²) in [5.41, 5.74) is 0. The largest absolute Gasteiger partial charge is 0.385 e. The van der Waals surface area contributed by atoms with E-state index in [2.05, 4.69) is 9.97 Å². The molecule has 0 saturated carbocycles. The zero-order valence-electron chi connectivity index (χ0n) is 7.67. The van der Waals surface area contributed by atoms with E-state index in [4.69, 9.17) is 0 Å². The monoisotopic (exact) mass is 226 g/mol. The first kappa shape index (κ1) is 9.76. The van der Waals surface area contributed by atoms with Crippen LogP contribution in [0.2, 0.25) is 0 Å². The molecule has 0 radical (unpaired) electrons. The van der Waals surface area contributed by atoms with E-state index in [0.717, 1.165) is 14.9 Å². The highest BCUT2D eigenvalue weighted by Crippen LogP contribution is 2.23. The molecule has 74 valence electrons. The molecule has 0 amide bonds. The lowest BCUT2D eigenvalue weighted by molar-refractivity contribution is 0.178. The van der Waals surface area contributed by atoms with Gasteiger partial charge >= 0.3 is 0 Å². The molecule has 0 aliphatic heterocycles. The third-order valence-corrected chi connectivity index (χ3v) is 3.59. The standard InChI is InChI=1S/C9H10N2OS2/c1-6-5-11-9(14-6)7(12)4-8-10-2-3-13-8/h2-3,5,7,12H,4H2,1H3. The second kappa shape index (κ2) is 4.16. The predicted molar refractivity (Wildman–Crippen MR) is 57.6 cm³/mol. The Kier molecular flexibility index (Phi) is 2.90. The van der Waals surface area contributed by atoms with Gasteiger partial charge in [-0.05, 0) is 6.92 Å². The Balaban J connectivity index is 2.06. The van der Waals surface area contributed by atoms with Crippen LogP contribution < -0.4 is 0 Å². The number of aromatic nitrogens is 2. The molecular formula is C9H10N2OS2. The zero-order chi connectivity index (χ0) is 9.97. The summed E-state index contributed by atoms with van der Waals surface area (Å²) in [5, 5.41) is 13.5. The summed E-state index contributed by atoms with van der Waals surface area (Å²) in [6, 6.07) is 0. The van der Waals surface area contributed by atoms with Gasteiger partial charge in [-0.2, -0.15) is 0 Å². The lowest BCUT2D eigenvalue weighted by Gasteiger charge is -2.03. The van der Waals surface area contributed by atoms with E-state index in [1.807, 2.05) is 12.3 Å². The molecule has 2 rings (SSSR count). The highest BCUT2D eigenvalue weighted by Gasteiger charge is 2.13. The molecular weight excluding hydrogens is 216 g/mol. The minimum Gasteiger partial charge on any atom is -0.385 e. The number of thiazole rings is 2. The van der Waals surface area contributed by atoms with Crippen LogP contribution in [0.1, 0.15) is 21.0 Å². The van der Waals surface area contributed by atoms with Gasteiger partial charge in [-0.25, -0.2) is 9.97 Å². The quantitative estimate of drug-likeness (QED) is 0.872. The van der Waals surface area contributed by atoms with E-state index in [1.165, 1.54) is 11.3 Å². The highest BCUT2D eigenvalue weighted by molar-refractivity contribution is 7.11. The van der Waals surface area contributed by atoms with Crippen LogP contribution >= 0.6 is 22.7 Å². The molecule has 0 aliphatic carbocycles. The van der Waals surface area contributed by atoms with Crippen LogP contribution in [-0.2, 0) is 6.42 Å². The number of aliphatic hydroxyl groups is 1. The summed E-state index contributed by atoms with van der Waals surface area (Å²) in [6.45, 7) is 1.98. The minimum absolute atomic E-state index is 0.514. The van der Waals surface area contributed by atoms with E-state index in [-0.39, 0.29) is 0 Å². The van der Waals surface area contributed by atoms with Crippen LogP contribution in [0.25, 0.3) is 0 Å². The van der Waals surface area contributed by atoms with Gasteiger partial charge in [-0.15, -0.1) is 22.7 Å². The van der Waals surface area contributed by atoms with Gasteiger partial charge in [0.05, 0.1) is 5.01 Å². The van der Waals surface area contributed by atoms with Gasteiger partial charge in [0.15, 0.2) is 0 Å². The molecule has 1 atom stereocenters. The van der Waals surface area contributed by atoms with E-state index in [9.17, 15) is 5.11 Å². The molecule has 14 heavy (non-hydrogen) atoms. The maximum atomic E-state index is 9.82. The van der Waals surface area contributed by atoms with Crippen molar-refractivity contribution in [2.75, 3.05) is 0 Å². The Morgan fingerprint density at radius 1 is 1.50 bits per heavy atom. The molecule has 0 bridgehead atoms. The van der Waals surface area contributed by atoms with Gasteiger partial charge in [0.25, 0.3) is 0 Å². The summed E-state index contributed by atoms with van der Waals surface area (Å²) >= 11 is 3.09. The van der Waals surface area contributed by atoms with Crippen LogP contribution in [0.5, 0.6) is 0 Å². The van der Waals surface area contributed by atoms with Crippen molar-refractivity contribution in [3.05, 3.63) is 32.7 Å². The summed E-state index contributed by atoms with van der Waals surface area (Å²) in [5.74, 6) is 0. The zero-order valence-corrected chi connectivity index (χ0v) is 9.31. The first-order valence-corrected chi connectivity index (χ1v) is 5.94. The van der Waals surface area contributed by atoms with E-state index >= 15 is 0 Å². The Hall–Kier alpha value is -0.780. The Labute approximate surface area is 90.1 Å². The number of aryl methyl sites for hydroxylation is 1. The molecule has 1 N–H and O–H groups in total. The van der Waals surface area contributed by atoms with Crippen molar-refractivity contribution in [1.29, 1.82) is 0 Å². The van der Waals surface area contributed by atoms with Crippen molar-refractivity contribution >= 4 is 22.7 Å². The van der Waals surface area contributed by atoms with Crippen molar-refractivity contribution in [2.45, 2.75) is 19.4 Å². The fourth-order valence-electron chi connectivity index (χ4n) is 1.13. The van der Waals surface area contributed by atoms with E-state index in [0.29, 0.717) is 6.42 Å². The molecule has 0 spiro atoms. The van der Waals surface area contributed by atoms with Crippen molar-refractivity contribution in [2.24, 2.45) is 0 Å². The van der Waals surface area contributed by atoms with Crippen molar-refractivity contribution < 1.29 is 5.11 Å². The van der Waals surface area contributed by atoms with Crippen LogP contribution in [-0.4, -0.2) is 15.1 Å². The van der Waals surface area contributed by atoms with Crippen molar-refractivity contribution in [3.8, 4) is 0 Å². The lowest BCUT2D eigenvalue weighted by Crippen LogP contribution is -2.00. The van der Waals surface area contributed by atoms with Crippen LogP contribution in [0.3, 0.4) is 0 Å². The smallest absolute Gasteiger partial charge is 0.122 e. The van der Waals surface area contributed by atoms with Crippen molar-refractivity contribution in [3.63, 3.8) is 0 Å². The molecule has 5 heteroatoms. The van der Waals surface area contributed by atoms with Crippen LogP contribution in [0.4, 0.5) is 0 Å². The van der Waals surface area contributed by atoms with Gasteiger partial charge in [0.2, 0.25) is 0 Å². The third-order valence-electron chi connectivity index (χ3n) is 1.78. The summed E-state index contributed by atoms with van der Waals surface area (Å²) in [4.78, 5) is 9.39. The minimum atomic E-state index is -0.514. The topological polar surface area (TPSA) is 46.0 Å². The molecule has 3 nitrogen and oxygen atoms in total. The summed E-state index contributed by atoms with van der Waals surface area (Å²) in [7, 11) is 0. The maximum absolute atomic E-state index is 9.82. The summed E-state index contributed by atoms with van der Waals surface area (Å²) in [6.07, 6.45) is 3.58. The average Bonchev–Trinajstić information content (AvgIpc) is 2.75. The third kappa shape index (κ3) is 2.17. The fourth-order valence-corrected chi connectivity index (χ4v) is 2.55. The molecule has 0 fully saturated rings. The number of nitrogens with zero attached hydrogens (tertiary/aromatic N) is 2. The molecule has 2 heterocycles. The van der Waals surface area contributed by atoms with Crippen molar-refractivity contribution in [1.82, 2.24) is 9.97 Å². The molecule has 1 unspecified atom stereocenters. The van der Waals surface area contributed by atoms with Gasteiger partial charge < -0.3 is 5.11 Å². The molecule has 0 aliphatic rings. The number of hydrogen-bond acceptors (Lipinski definition) is 5. The molecule has 2 aromatic rings. The van der Waals surface area contributed by atoms with E-state index < -0.39 is 6.10 Å². The molecule has 2 aromatic heterocycles. The Morgan fingerprint density at radius 3 is 2.93 bits per heavy atom. The molecule has 0 aromatic carbocycles. The molecule has 0 saturated heterocycles. The van der Waals surface area contributed by atoms with Gasteiger partial charge in [0, 0.05) is 29.1 Å². The maximum Gasteiger partial charge on any atom is 0.122 e. The second-order valence-corrected chi connectivity index (χ2v) is 5.20. The van der Waals surface area contributed by atoms with E-state index in [1.54, 1.807) is 23.7 Å². The van der Waals surface area contributed by atoms with Crippen LogP contribution in [0.15, 0.2) is 17.8 Å². The van der Waals surface area contributed by atoms with Crippen LogP contribution in [0, 0.1) is 6.92 Å². The van der Waals surface area contributed by atoms with Gasteiger partial charge in [0.1, 0.15) is 11.1 Å². The van der Waals surface area contributed by atoms with Gasteiger partial charge in [-0.3, -0.25) is 0 Å². The number of aliphatic hydroxyl groups excluding tert-OH is 1. The Morgan fingerprint density at radius 2 is 2.36 bits per heavy atom. The summed E-state index contributed by atoms with van der Waals surface area (Å²) < 4.78 is 0. The second-order valence-electron chi connectivity index (χ2n) is 2.95. The first-order chi connectivity index (χ1) is 6.75. The number of hydrogen-bond donors (Lipinski definition) is 1.